The molecule has 6 heteroatoms. The van der Waals surface area contributed by atoms with E-state index < -0.39 is 11.0 Å². The van der Waals surface area contributed by atoms with Gasteiger partial charge in [0.1, 0.15) is 6.10 Å². The van der Waals surface area contributed by atoms with Gasteiger partial charge in [-0.2, -0.15) is 0 Å². The Bertz CT molecular complexity index is 1290. The summed E-state index contributed by atoms with van der Waals surface area (Å²) in [5.74, 6) is 1.79. The summed E-state index contributed by atoms with van der Waals surface area (Å²) < 4.78 is 12.6. The molecule has 2 aliphatic heterocycles. The summed E-state index contributed by atoms with van der Waals surface area (Å²) in [5.41, 5.74) is 3.09. The summed E-state index contributed by atoms with van der Waals surface area (Å²) in [4.78, 5) is 18.2. The van der Waals surface area contributed by atoms with Crippen LogP contribution in [0.2, 0.25) is 0 Å². The molecule has 5 atom stereocenters. The third-order valence-electron chi connectivity index (χ3n) is 9.61. The minimum atomic E-state index is -0.907. The molecular formula is C32H40N2O4. The molecule has 2 fully saturated rings. The highest BCUT2D eigenvalue weighted by Gasteiger charge is 2.73. The Labute approximate surface area is 226 Å². The zero-order valence-electron chi connectivity index (χ0n) is 23.2. The van der Waals surface area contributed by atoms with Crippen molar-refractivity contribution in [1.82, 2.24) is 9.80 Å². The maximum absolute atomic E-state index is 13.9. The van der Waals surface area contributed by atoms with E-state index in [-0.39, 0.29) is 24.1 Å². The minimum absolute atomic E-state index is 0.000854. The maximum Gasteiger partial charge on any atom is 0.246 e. The number of benzene rings is 2. The molecule has 0 aromatic heterocycles. The summed E-state index contributed by atoms with van der Waals surface area (Å²) in [6.45, 7) is 7.89. The van der Waals surface area contributed by atoms with Crippen molar-refractivity contribution in [3.63, 3.8) is 0 Å². The van der Waals surface area contributed by atoms with Gasteiger partial charge in [-0.3, -0.25) is 4.79 Å². The van der Waals surface area contributed by atoms with E-state index in [1.165, 1.54) is 11.1 Å². The number of hydrogen-bond acceptors (Lipinski definition) is 5. The van der Waals surface area contributed by atoms with Crippen molar-refractivity contribution < 1.29 is 19.4 Å². The average Bonchev–Trinajstić information content (AvgIpc) is 3.24. The van der Waals surface area contributed by atoms with Gasteiger partial charge in [0, 0.05) is 24.2 Å². The molecule has 2 unspecified atom stereocenters. The van der Waals surface area contributed by atoms with E-state index >= 15 is 0 Å². The van der Waals surface area contributed by atoms with Gasteiger partial charge in [-0.1, -0.05) is 49.7 Å². The normalized spacial score (nSPS) is 31.3. The van der Waals surface area contributed by atoms with Crippen LogP contribution in [0.5, 0.6) is 11.5 Å². The Morgan fingerprint density at radius 1 is 1.29 bits per heavy atom. The standard InChI is InChI=1S/C32H40N2O4/c1-20(2)19-34(27(35)12-9-22-8-6-7-21(3)17-22)24-13-14-32(36)26-18-23-10-11-25(37-5)29-28(23)31(32,30(24)38-29)15-16-33(26)4/h6-12,17,20,24,26,30,36H,13-16,18-19H2,1-5H3/b12-9+/t24?,26-,30?,31+,32-/m1/s1. The number of nitrogens with zero attached hydrogens (tertiary/aromatic N) is 2. The lowest BCUT2D eigenvalue weighted by Crippen LogP contribution is -2.78. The predicted octanol–water partition coefficient (Wildman–Crippen LogP) is 4.35. The number of aryl methyl sites for hydroxylation is 1. The molecule has 2 bridgehead atoms. The second kappa shape index (κ2) is 9.13. The van der Waals surface area contributed by atoms with Crippen molar-refractivity contribution >= 4 is 12.0 Å². The molecule has 202 valence electrons. The van der Waals surface area contributed by atoms with Gasteiger partial charge >= 0.3 is 0 Å². The van der Waals surface area contributed by atoms with Gasteiger partial charge in [0.05, 0.1) is 24.2 Å². The van der Waals surface area contributed by atoms with Crippen LogP contribution in [0.25, 0.3) is 6.08 Å². The minimum Gasteiger partial charge on any atom is -0.493 e. The van der Waals surface area contributed by atoms with Crippen LogP contribution in [-0.4, -0.2) is 71.8 Å². The largest absolute Gasteiger partial charge is 0.493 e. The quantitative estimate of drug-likeness (QED) is 0.579. The lowest BCUT2D eigenvalue weighted by molar-refractivity contribution is -0.197. The van der Waals surface area contributed by atoms with Crippen LogP contribution >= 0.6 is 0 Å². The number of aliphatic hydroxyl groups is 1. The van der Waals surface area contributed by atoms with Crippen molar-refractivity contribution in [2.45, 2.75) is 75.7 Å². The Balaban J connectivity index is 1.43. The van der Waals surface area contributed by atoms with Gasteiger partial charge in [-0.25, -0.2) is 0 Å². The molecule has 1 amide bonds. The Hall–Kier alpha value is -2.83. The molecule has 6 rings (SSSR count). The van der Waals surface area contributed by atoms with Crippen LogP contribution in [0.15, 0.2) is 42.5 Å². The topological polar surface area (TPSA) is 62.2 Å². The van der Waals surface area contributed by atoms with Crippen molar-refractivity contribution in [1.29, 1.82) is 0 Å². The summed E-state index contributed by atoms with van der Waals surface area (Å²) >= 11 is 0. The number of methoxy groups -OCH3 is 1. The van der Waals surface area contributed by atoms with E-state index in [0.29, 0.717) is 31.1 Å². The Kier molecular flexibility index (Phi) is 6.11. The highest BCUT2D eigenvalue weighted by molar-refractivity contribution is 5.92. The third-order valence-corrected chi connectivity index (χ3v) is 9.61. The van der Waals surface area contributed by atoms with Crippen LogP contribution in [0.4, 0.5) is 0 Å². The second-order valence-corrected chi connectivity index (χ2v) is 12.3. The highest BCUT2D eigenvalue weighted by atomic mass is 16.5. The molecule has 6 nitrogen and oxygen atoms in total. The first-order valence-electron chi connectivity index (χ1n) is 14.0. The molecule has 2 aliphatic carbocycles. The third kappa shape index (κ3) is 3.56. The lowest BCUT2D eigenvalue weighted by atomic mass is 9.48. The second-order valence-electron chi connectivity index (χ2n) is 12.3. The van der Waals surface area contributed by atoms with Crippen molar-refractivity contribution in [3.05, 3.63) is 64.7 Å². The van der Waals surface area contributed by atoms with Crippen molar-refractivity contribution in [2.24, 2.45) is 5.92 Å². The van der Waals surface area contributed by atoms with E-state index in [0.717, 1.165) is 36.3 Å². The molecule has 2 heterocycles. The number of ether oxygens (including phenoxy) is 2. The molecule has 1 saturated heterocycles. The smallest absolute Gasteiger partial charge is 0.246 e. The number of likely N-dealkylation sites (tertiary alicyclic amines) is 1. The van der Waals surface area contributed by atoms with Crippen molar-refractivity contribution in [2.75, 3.05) is 27.2 Å². The van der Waals surface area contributed by atoms with E-state index in [1.54, 1.807) is 13.2 Å². The maximum atomic E-state index is 13.9. The zero-order chi connectivity index (χ0) is 26.8. The molecule has 1 spiro atoms. The fraction of sp³-hybridized carbons (Fsp3) is 0.531. The van der Waals surface area contributed by atoms with Gasteiger partial charge in [0.2, 0.25) is 5.91 Å². The first kappa shape index (κ1) is 25.4. The van der Waals surface area contributed by atoms with Gasteiger partial charge in [0.15, 0.2) is 11.5 Å². The van der Waals surface area contributed by atoms with E-state index in [2.05, 4.69) is 50.9 Å². The molecular weight excluding hydrogens is 476 g/mol. The van der Waals surface area contributed by atoms with E-state index in [1.807, 2.05) is 29.2 Å². The van der Waals surface area contributed by atoms with Crippen LogP contribution in [-0.2, 0) is 16.6 Å². The van der Waals surface area contributed by atoms with Crippen LogP contribution in [0.3, 0.4) is 0 Å². The fourth-order valence-corrected chi connectivity index (χ4v) is 8.02. The fourth-order valence-electron chi connectivity index (χ4n) is 8.02. The first-order valence-corrected chi connectivity index (χ1v) is 14.0. The zero-order valence-corrected chi connectivity index (χ0v) is 23.2. The molecule has 2 aromatic carbocycles. The molecule has 38 heavy (non-hydrogen) atoms. The van der Waals surface area contributed by atoms with Crippen LogP contribution in [0, 0.1) is 12.8 Å². The number of rotatable bonds is 6. The Morgan fingerprint density at radius 2 is 2.11 bits per heavy atom. The van der Waals surface area contributed by atoms with Gasteiger partial charge in [-0.15, -0.1) is 0 Å². The Morgan fingerprint density at radius 3 is 2.84 bits per heavy atom. The molecule has 0 radical (unpaired) electrons. The monoisotopic (exact) mass is 516 g/mol. The lowest BCUT2D eigenvalue weighted by Gasteiger charge is -2.64. The van der Waals surface area contributed by atoms with Gasteiger partial charge < -0.3 is 24.4 Å². The van der Waals surface area contributed by atoms with Crippen LogP contribution in [0.1, 0.15) is 55.4 Å². The molecule has 2 aromatic rings. The van der Waals surface area contributed by atoms with Gasteiger partial charge in [0.25, 0.3) is 0 Å². The number of piperidine rings is 1. The predicted molar refractivity (Wildman–Crippen MR) is 149 cm³/mol. The summed E-state index contributed by atoms with van der Waals surface area (Å²) in [6.07, 6.45) is 6.25. The van der Waals surface area contributed by atoms with Crippen LogP contribution < -0.4 is 9.47 Å². The molecule has 4 aliphatic rings. The SMILES string of the molecule is COc1ccc2c3c1OC1C(N(CC(C)C)C(=O)/C=C/c4cccc(C)c4)CC[C@@]4(O)[C@@H](C2)N(C)CC[C@]314. The number of amides is 1. The number of carbonyl (C=O) groups excluding carboxylic acids is 1. The van der Waals surface area contributed by atoms with Gasteiger partial charge in [-0.05, 0) is 75.4 Å². The number of carbonyl (C=O) groups is 1. The van der Waals surface area contributed by atoms with E-state index in [4.69, 9.17) is 9.47 Å². The average molecular weight is 517 g/mol. The summed E-state index contributed by atoms with van der Waals surface area (Å²) in [5, 5.41) is 12.6. The summed E-state index contributed by atoms with van der Waals surface area (Å²) in [7, 11) is 3.81. The number of hydrogen-bond donors (Lipinski definition) is 1. The van der Waals surface area contributed by atoms with Crippen molar-refractivity contribution in [3.8, 4) is 11.5 Å². The first-order chi connectivity index (χ1) is 18.2. The van der Waals surface area contributed by atoms with E-state index in [9.17, 15) is 9.90 Å². The molecule has 1 N–H and O–H groups in total. The summed E-state index contributed by atoms with van der Waals surface area (Å²) in [6, 6.07) is 12.2. The highest BCUT2D eigenvalue weighted by Crippen LogP contribution is 2.65. The number of likely N-dealkylation sites (N-methyl/N-ethyl adjacent to an activating group) is 1. The molecule has 1 saturated carbocycles.